The Labute approximate surface area is 112 Å². The van der Waals surface area contributed by atoms with Crippen LogP contribution in [0.2, 0.25) is 0 Å². The molecule has 5 nitrogen and oxygen atoms in total. The number of carbonyl (C=O) groups is 2. The zero-order chi connectivity index (χ0) is 13.8. The number of para-hydroxylation sites is 1. The maximum atomic E-state index is 12.3. The molecule has 19 heavy (non-hydrogen) atoms. The Morgan fingerprint density at radius 2 is 2.05 bits per heavy atom. The number of benzene rings is 1. The Hall–Kier alpha value is -1.88. The topological polar surface area (TPSA) is 60.9 Å². The number of nitrogens with zero attached hydrogens (tertiary/aromatic N) is 2. The summed E-state index contributed by atoms with van der Waals surface area (Å²) in [5.74, 6) is -0.940. The molecule has 1 N–H and O–H groups in total. The van der Waals surface area contributed by atoms with E-state index in [4.69, 9.17) is 5.11 Å². The van der Waals surface area contributed by atoms with Crippen molar-refractivity contribution in [2.24, 2.45) is 0 Å². The Morgan fingerprint density at radius 3 is 2.74 bits per heavy atom. The molecule has 0 bridgehead atoms. The third-order valence-electron chi connectivity index (χ3n) is 3.35. The number of anilines is 1. The second kappa shape index (κ2) is 5.84. The first-order valence-corrected chi connectivity index (χ1v) is 6.44. The fraction of sp³-hybridized carbons (Fsp3) is 0.429. The molecule has 1 aromatic carbocycles. The third-order valence-corrected chi connectivity index (χ3v) is 3.35. The maximum Gasteiger partial charge on any atom is 0.317 e. The normalized spacial score (nSPS) is 13.7. The summed E-state index contributed by atoms with van der Waals surface area (Å²) < 4.78 is 0. The van der Waals surface area contributed by atoms with Crippen LogP contribution >= 0.6 is 0 Å². The van der Waals surface area contributed by atoms with Crippen LogP contribution in [0.25, 0.3) is 0 Å². The minimum Gasteiger partial charge on any atom is -0.480 e. The van der Waals surface area contributed by atoms with Crippen LogP contribution in [0.15, 0.2) is 24.3 Å². The number of fused-ring (bicyclic) bond motifs is 1. The fourth-order valence-electron chi connectivity index (χ4n) is 2.34. The van der Waals surface area contributed by atoms with Gasteiger partial charge in [0, 0.05) is 12.2 Å². The third kappa shape index (κ3) is 3.12. The largest absolute Gasteiger partial charge is 0.480 e. The van der Waals surface area contributed by atoms with Gasteiger partial charge in [0.1, 0.15) is 0 Å². The van der Waals surface area contributed by atoms with E-state index in [1.165, 1.54) is 5.56 Å². The van der Waals surface area contributed by atoms with E-state index < -0.39 is 5.97 Å². The van der Waals surface area contributed by atoms with Gasteiger partial charge in [-0.3, -0.25) is 14.5 Å². The second-order valence-electron chi connectivity index (χ2n) is 4.62. The SMILES string of the molecule is CCN(CC(=O)O)CC(=O)N1CCc2ccccc21. The van der Waals surface area contributed by atoms with Crippen molar-refractivity contribution in [3.8, 4) is 0 Å². The molecule has 0 spiro atoms. The molecule has 1 aliphatic rings. The van der Waals surface area contributed by atoms with Crippen LogP contribution in [0.5, 0.6) is 0 Å². The van der Waals surface area contributed by atoms with Gasteiger partial charge in [-0.2, -0.15) is 0 Å². The van der Waals surface area contributed by atoms with Crippen LogP contribution < -0.4 is 4.90 Å². The van der Waals surface area contributed by atoms with E-state index in [1.807, 2.05) is 31.2 Å². The van der Waals surface area contributed by atoms with Crippen molar-refractivity contribution < 1.29 is 14.7 Å². The Kier molecular flexibility index (Phi) is 4.16. The average Bonchev–Trinajstić information content (AvgIpc) is 2.81. The highest BCUT2D eigenvalue weighted by molar-refractivity contribution is 5.96. The highest BCUT2D eigenvalue weighted by atomic mass is 16.4. The molecule has 1 aromatic rings. The van der Waals surface area contributed by atoms with Crippen molar-refractivity contribution in [2.45, 2.75) is 13.3 Å². The summed E-state index contributed by atoms with van der Waals surface area (Å²) in [5, 5.41) is 8.78. The van der Waals surface area contributed by atoms with E-state index >= 15 is 0 Å². The van der Waals surface area contributed by atoms with Crippen molar-refractivity contribution in [2.75, 3.05) is 31.1 Å². The Bertz CT molecular complexity index is 487. The van der Waals surface area contributed by atoms with Crippen molar-refractivity contribution in [3.63, 3.8) is 0 Å². The predicted molar refractivity (Wildman–Crippen MR) is 72.2 cm³/mol. The number of amides is 1. The number of carboxylic acids is 1. The molecule has 0 aromatic heterocycles. The molecule has 0 atom stereocenters. The zero-order valence-electron chi connectivity index (χ0n) is 11.0. The minimum atomic E-state index is -0.906. The number of aliphatic carboxylic acids is 1. The summed E-state index contributed by atoms with van der Waals surface area (Å²) in [7, 11) is 0. The first-order valence-electron chi connectivity index (χ1n) is 6.44. The van der Waals surface area contributed by atoms with E-state index in [9.17, 15) is 9.59 Å². The van der Waals surface area contributed by atoms with Gasteiger partial charge in [0.25, 0.3) is 0 Å². The average molecular weight is 262 g/mol. The first-order chi connectivity index (χ1) is 9.11. The van der Waals surface area contributed by atoms with E-state index in [2.05, 4.69) is 0 Å². The fourth-order valence-corrected chi connectivity index (χ4v) is 2.34. The standard InChI is InChI=1S/C14H18N2O3/c1-2-15(10-14(18)19)9-13(17)16-8-7-11-5-3-4-6-12(11)16/h3-6H,2,7-10H2,1H3,(H,18,19). The van der Waals surface area contributed by atoms with E-state index in [-0.39, 0.29) is 19.0 Å². The van der Waals surface area contributed by atoms with Crippen LogP contribution in [-0.4, -0.2) is 48.1 Å². The van der Waals surface area contributed by atoms with Crippen LogP contribution in [0.4, 0.5) is 5.69 Å². The number of likely N-dealkylation sites (N-methyl/N-ethyl adjacent to an activating group) is 1. The number of carboxylic acid groups (broad SMARTS) is 1. The number of hydrogen-bond acceptors (Lipinski definition) is 3. The quantitative estimate of drug-likeness (QED) is 0.859. The molecule has 1 aliphatic heterocycles. The van der Waals surface area contributed by atoms with Gasteiger partial charge in [-0.25, -0.2) is 0 Å². The van der Waals surface area contributed by atoms with Gasteiger partial charge in [-0.05, 0) is 24.6 Å². The van der Waals surface area contributed by atoms with Crippen LogP contribution in [0.1, 0.15) is 12.5 Å². The molecule has 0 saturated carbocycles. The highest BCUT2D eigenvalue weighted by Crippen LogP contribution is 2.27. The molecule has 5 heteroatoms. The summed E-state index contributed by atoms with van der Waals surface area (Å²) in [6.07, 6.45) is 0.868. The molecule has 0 aliphatic carbocycles. The molecular formula is C14H18N2O3. The van der Waals surface area contributed by atoms with Crippen molar-refractivity contribution in [3.05, 3.63) is 29.8 Å². The van der Waals surface area contributed by atoms with Crippen molar-refractivity contribution >= 4 is 17.6 Å². The van der Waals surface area contributed by atoms with Gasteiger partial charge >= 0.3 is 5.97 Å². The van der Waals surface area contributed by atoms with Crippen LogP contribution in [-0.2, 0) is 16.0 Å². The summed E-state index contributed by atoms with van der Waals surface area (Å²) in [6, 6.07) is 7.85. The van der Waals surface area contributed by atoms with Crippen LogP contribution in [0, 0.1) is 0 Å². The van der Waals surface area contributed by atoms with Gasteiger partial charge in [-0.15, -0.1) is 0 Å². The monoisotopic (exact) mass is 262 g/mol. The summed E-state index contributed by atoms with van der Waals surface area (Å²) in [4.78, 5) is 26.3. The summed E-state index contributed by atoms with van der Waals surface area (Å²) in [6.45, 7) is 3.14. The first kappa shape index (κ1) is 13.5. The van der Waals surface area contributed by atoms with Gasteiger partial charge < -0.3 is 10.0 Å². The number of rotatable bonds is 5. The van der Waals surface area contributed by atoms with Crippen molar-refractivity contribution in [1.29, 1.82) is 0 Å². The predicted octanol–water partition coefficient (Wildman–Crippen LogP) is 0.982. The number of carbonyl (C=O) groups excluding carboxylic acids is 1. The van der Waals surface area contributed by atoms with Gasteiger partial charge in [0.15, 0.2) is 0 Å². The molecule has 0 saturated heterocycles. The molecule has 1 amide bonds. The van der Waals surface area contributed by atoms with E-state index in [0.717, 1.165) is 12.1 Å². The Morgan fingerprint density at radius 1 is 1.32 bits per heavy atom. The van der Waals surface area contributed by atoms with Gasteiger partial charge in [0.05, 0.1) is 13.1 Å². The molecule has 0 radical (unpaired) electrons. The lowest BCUT2D eigenvalue weighted by Gasteiger charge is -2.22. The summed E-state index contributed by atoms with van der Waals surface area (Å²) in [5.41, 5.74) is 2.14. The highest BCUT2D eigenvalue weighted by Gasteiger charge is 2.25. The molecule has 2 rings (SSSR count). The smallest absolute Gasteiger partial charge is 0.317 e. The maximum absolute atomic E-state index is 12.3. The summed E-state index contributed by atoms with van der Waals surface area (Å²) >= 11 is 0. The van der Waals surface area contributed by atoms with E-state index in [0.29, 0.717) is 13.1 Å². The van der Waals surface area contributed by atoms with Crippen molar-refractivity contribution in [1.82, 2.24) is 4.90 Å². The lowest BCUT2D eigenvalue weighted by Crippen LogP contribution is -2.41. The van der Waals surface area contributed by atoms with Gasteiger partial charge in [-0.1, -0.05) is 25.1 Å². The van der Waals surface area contributed by atoms with Crippen LogP contribution in [0.3, 0.4) is 0 Å². The molecule has 0 unspecified atom stereocenters. The molecule has 1 heterocycles. The molecule has 0 fully saturated rings. The minimum absolute atomic E-state index is 0.0342. The van der Waals surface area contributed by atoms with E-state index in [1.54, 1.807) is 9.80 Å². The zero-order valence-corrected chi connectivity index (χ0v) is 11.0. The van der Waals surface area contributed by atoms with Gasteiger partial charge in [0.2, 0.25) is 5.91 Å². The molecular weight excluding hydrogens is 244 g/mol. The second-order valence-corrected chi connectivity index (χ2v) is 4.62. The Balaban J connectivity index is 2.03. The lowest BCUT2D eigenvalue weighted by atomic mass is 10.2. The number of hydrogen-bond donors (Lipinski definition) is 1. The lowest BCUT2D eigenvalue weighted by molar-refractivity contribution is -0.138. The molecule has 102 valence electrons.